The van der Waals surface area contributed by atoms with Crippen molar-refractivity contribution in [1.82, 2.24) is 15.2 Å². The zero-order valence-electron chi connectivity index (χ0n) is 15.4. The van der Waals surface area contributed by atoms with E-state index in [0.29, 0.717) is 16.1 Å². The van der Waals surface area contributed by atoms with Gasteiger partial charge < -0.3 is 4.42 Å². The first-order valence-electron chi connectivity index (χ1n) is 9.02. The number of hydrogen-bond donors (Lipinski definition) is 1. The molecule has 0 fully saturated rings. The van der Waals surface area contributed by atoms with Crippen LogP contribution in [0.25, 0.3) is 32.9 Å². The lowest BCUT2D eigenvalue weighted by atomic mass is 10.1. The van der Waals surface area contributed by atoms with E-state index in [0.717, 1.165) is 21.5 Å². The van der Waals surface area contributed by atoms with Crippen LogP contribution in [0.15, 0.2) is 76.5 Å². The standard InChI is InChI=1S/C22H13ClN4O2S/c23-16-8-3-1-7-14(16)21-26-27-22(29-21)25-20(28)15-12-18(19-10-5-11-30-19)24-17-9-4-2-6-13(15)17/h1-12H,(H,25,27,28). The lowest BCUT2D eigenvalue weighted by Crippen LogP contribution is -2.13. The van der Waals surface area contributed by atoms with E-state index < -0.39 is 0 Å². The first-order valence-corrected chi connectivity index (χ1v) is 10.3. The van der Waals surface area contributed by atoms with Gasteiger partial charge in [-0.3, -0.25) is 10.1 Å². The molecule has 0 bridgehead atoms. The number of thiophene rings is 1. The van der Waals surface area contributed by atoms with E-state index in [1.165, 1.54) is 0 Å². The maximum Gasteiger partial charge on any atom is 0.322 e. The fourth-order valence-electron chi connectivity index (χ4n) is 3.10. The highest BCUT2D eigenvalue weighted by Crippen LogP contribution is 2.30. The summed E-state index contributed by atoms with van der Waals surface area (Å²) in [4.78, 5) is 18.7. The molecule has 0 radical (unpaired) electrons. The number of rotatable bonds is 4. The normalized spacial score (nSPS) is 11.0. The largest absolute Gasteiger partial charge is 0.403 e. The molecule has 0 spiro atoms. The number of fused-ring (bicyclic) bond motifs is 1. The van der Waals surface area contributed by atoms with Crippen molar-refractivity contribution in [3.05, 3.63) is 82.7 Å². The maximum atomic E-state index is 13.1. The van der Waals surface area contributed by atoms with Gasteiger partial charge in [-0.2, -0.15) is 0 Å². The molecule has 0 aliphatic rings. The Morgan fingerprint density at radius 2 is 1.83 bits per heavy atom. The van der Waals surface area contributed by atoms with Crippen molar-refractivity contribution in [2.75, 3.05) is 5.32 Å². The van der Waals surface area contributed by atoms with Gasteiger partial charge in [-0.05, 0) is 35.7 Å². The summed E-state index contributed by atoms with van der Waals surface area (Å²) >= 11 is 7.74. The molecular weight excluding hydrogens is 420 g/mol. The number of aromatic nitrogens is 3. The predicted molar refractivity (Wildman–Crippen MR) is 118 cm³/mol. The Kier molecular flexibility index (Phi) is 4.74. The second-order valence-corrected chi connectivity index (χ2v) is 7.75. The highest BCUT2D eigenvalue weighted by Gasteiger charge is 2.18. The number of nitrogens with one attached hydrogen (secondary N) is 1. The van der Waals surface area contributed by atoms with E-state index in [4.69, 9.17) is 16.0 Å². The Morgan fingerprint density at radius 1 is 1.00 bits per heavy atom. The number of benzene rings is 2. The summed E-state index contributed by atoms with van der Waals surface area (Å²) in [6.45, 7) is 0. The summed E-state index contributed by atoms with van der Waals surface area (Å²) in [6.07, 6.45) is 0. The predicted octanol–water partition coefficient (Wildman–Crippen LogP) is 5.92. The molecule has 1 N–H and O–H groups in total. The minimum Gasteiger partial charge on any atom is -0.403 e. The number of carbonyl (C=O) groups is 1. The molecular formula is C22H13ClN4O2S. The highest BCUT2D eigenvalue weighted by molar-refractivity contribution is 7.13. The van der Waals surface area contributed by atoms with E-state index in [9.17, 15) is 4.79 Å². The average molecular weight is 433 g/mol. The quantitative estimate of drug-likeness (QED) is 0.381. The second-order valence-electron chi connectivity index (χ2n) is 6.40. The molecule has 5 rings (SSSR count). The summed E-state index contributed by atoms with van der Waals surface area (Å²) in [6, 6.07) is 20.3. The van der Waals surface area contributed by atoms with E-state index in [1.807, 2.05) is 53.9 Å². The van der Waals surface area contributed by atoms with Gasteiger partial charge in [-0.25, -0.2) is 4.98 Å². The van der Waals surface area contributed by atoms with Gasteiger partial charge in [0.15, 0.2) is 0 Å². The lowest BCUT2D eigenvalue weighted by Gasteiger charge is -2.08. The number of anilines is 1. The molecule has 5 aromatic rings. The molecule has 0 unspecified atom stereocenters. The monoisotopic (exact) mass is 432 g/mol. The fourth-order valence-corrected chi connectivity index (χ4v) is 4.00. The zero-order valence-corrected chi connectivity index (χ0v) is 16.9. The minimum atomic E-state index is -0.360. The fraction of sp³-hybridized carbons (Fsp3) is 0. The van der Waals surface area contributed by atoms with Crippen LogP contribution in [0.4, 0.5) is 6.01 Å². The Balaban J connectivity index is 1.50. The van der Waals surface area contributed by atoms with E-state index in [2.05, 4.69) is 20.5 Å². The Bertz CT molecular complexity index is 1360. The molecule has 0 saturated heterocycles. The molecule has 6 nitrogen and oxygen atoms in total. The molecule has 0 aliphatic heterocycles. The Hall–Kier alpha value is -3.55. The summed E-state index contributed by atoms with van der Waals surface area (Å²) < 4.78 is 5.61. The third-order valence-corrected chi connectivity index (χ3v) is 5.71. The number of pyridine rings is 1. The molecule has 3 aromatic heterocycles. The van der Waals surface area contributed by atoms with Gasteiger partial charge in [0, 0.05) is 5.39 Å². The number of amides is 1. The molecule has 0 saturated carbocycles. The molecule has 146 valence electrons. The van der Waals surface area contributed by atoms with Crippen LogP contribution in [0.3, 0.4) is 0 Å². The van der Waals surface area contributed by atoms with Gasteiger partial charge in [0.2, 0.25) is 0 Å². The van der Waals surface area contributed by atoms with Crippen LogP contribution < -0.4 is 5.32 Å². The first kappa shape index (κ1) is 18.5. The van der Waals surface area contributed by atoms with Crippen LogP contribution >= 0.6 is 22.9 Å². The van der Waals surface area contributed by atoms with Crippen LogP contribution in [0.2, 0.25) is 5.02 Å². The van der Waals surface area contributed by atoms with Gasteiger partial charge in [-0.1, -0.05) is 53.1 Å². The van der Waals surface area contributed by atoms with Crippen molar-refractivity contribution in [1.29, 1.82) is 0 Å². The maximum absolute atomic E-state index is 13.1. The van der Waals surface area contributed by atoms with Crippen LogP contribution in [-0.2, 0) is 0 Å². The summed E-state index contributed by atoms with van der Waals surface area (Å²) in [5, 5.41) is 13.8. The smallest absolute Gasteiger partial charge is 0.322 e. The van der Waals surface area contributed by atoms with E-state index in [1.54, 1.807) is 29.5 Å². The molecule has 1 amide bonds. The Labute approximate surface area is 180 Å². The van der Waals surface area contributed by atoms with Crippen molar-refractivity contribution in [3.8, 4) is 22.0 Å². The number of hydrogen-bond acceptors (Lipinski definition) is 6. The number of para-hydroxylation sites is 1. The second kappa shape index (κ2) is 7.70. The van der Waals surface area contributed by atoms with Crippen LogP contribution in [0.5, 0.6) is 0 Å². The molecule has 0 aliphatic carbocycles. The summed E-state index contributed by atoms with van der Waals surface area (Å²) in [5.41, 5.74) is 2.54. The number of nitrogens with zero attached hydrogens (tertiary/aromatic N) is 3. The molecule has 8 heteroatoms. The average Bonchev–Trinajstić information content (AvgIpc) is 3.46. The van der Waals surface area contributed by atoms with Gasteiger partial charge in [-0.15, -0.1) is 16.4 Å². The van der Waals surface area contributed by atoms with Crippen LogP contribution in [-0.4, -0.2) is 21.1 Å². The van der Waals surface area contributed by atoms with Crippen molar-refractivity contribution < 1.29 is 9.21 Å². The van der Waals surface area contributed by atoms with Gasteiger partial charge in [0.25, 0.3) is 11.8 Å². The Morgan fingerprint density at radius 3 is 2.67 bits per heavy atom. The van der Waals surface area contributed by atoms with Crippen molar-refractivity contribution in [3.63, 3.8) is 0 Å². The van der Waals surface area contributed by atoms with Crippen LogP contribution in [0.1, 0.15) is 10.4 Å². The lowest BCUT2D eigenvalue weighted by molar-refractivity contribution is 0.102. The van der Waals surface area contributed by atoms with E-state index in [-0.39, 0.29) is 17.8 Å². The number of halogens is 1. The third kappa shape index (κ3) is 3.45. The van der Waals surface area contributed by atoms with Gasteiger partial charge >= 0.3 is 6.01 Å². The minimum absolute atomic E-state index is 0.00603. The van der Waals surface area contributed by atoms with Crippen molar-refractivity contribution >= 4 is 45.8 Å². The summed E-state index contributed by atoms with van der Waals surface area (Å²) in [7, 11) is 0. The molecule has 30 heavy (non-hydrogen) atoms. The van der Waals surface area contributed by atoms with Gasteiger partial charge in [0.05, 0.1) is 32.2 Å². The molecule has 0 atom stereocenters. The third-order valence-electron chi connectivity index (χ3n) is 4.48. The number of carbonyl (C=O) groups excluding carboxylic acids is 1. The first-order chi connectivity index (χ1) is 14.7. The van der Waals surface area contributed by atoms with Gasteiger partial charge in [0.1, 0.15) is 0 Å². The topological polar surface area (TPSA) is 80.9 Å². The summed E-state index contributed by atoms with van der Waals surface area (Å²) in [5.74, 6) is -0.129. The molecule has 3 heterocycles. The SMILES string of the molecule is O=C(Nc1nnc(-c2ccccc2Cl)o1)c1cc(-c2cccs2)nc2ccccc12. The van der Waals surface area contributed by atoms with Crippen LogP contribution in [0, 0.1) is 0 Å². The highest BCUT2D eigenvalue weighted by atomic mass is 35.5. The van der Waals surface area contributed by atoms with E-state index >= 15 is 0 Å². The van der Waals surface area contributed by atoms with Crippen molar-refractivity contribution in [2.24, 2.45) is 0 Å². The zero-order chi connectivity index (χ0) is 20.5. The molecule has 2 aromatic carbocycles. The van der Waals surface area contributed by atoms with Crippen molar-refractivity contribution in [2.45, 2.75) is 0 Å².